The lowest BCUT2D eigenvalue weighted by atomic mass is 10.2. The summed E-state index contributed by atoms with van der Waals surface area (Å²) in [6.45, 7) is 0.795. The molecule has 1 aliphatic rings. The average Bonchev–Trinajstić information content (AvgIpc) is 3.20. The zero-order valence-electron chi connectivity index (χ0n) is 15.3. The minimum Gasteiger partial charge on any atom is -0.454 e. The molecule has 0 saturated heterocycles. The molecule has 142 valence electrons. The van der Waals surface area contributed by atoms with Gasteiger partial charge in [0.2, 0.25) is 12.7 Å². The molecule has 3 heterocycles. The van der Waals surface area contributed by atoms with Gasteiger partial charge in [-0.25, -0.2) is 9.97 Å². The number of hydrogen-bond acceptors (Lipinski definition) is 7. The van der Waals surface area contributed by atoms with Crippen LogP contribution in [-0.2, 0) is 6.42 Å². The Kier molecular flexibility index (Phi) is 5.01. The Labute approximate surface area is 162 Å². The van der Waals surface area contributed by atoms with Crippen molar-refractivity contribution >= 4 is 17.5 Å². The van der Waals surface area contributed by atoms with Gasteiger partial charge in [0, 0.05) is 43.9 Å². The van der Waals surface area contributed by atoms with Crippen molar-refractivity contribution < 1.29 is 14.3 Å². The second kappa shape index (κ2) is 7.91. The van der Waals surface area contributed by atoms with E-state index in [4.69, 9.17) is 9.47 Å². The van der Waals surface area contributed by atoms with Gasteiger partial charge in [-0.3, -0.25) is 9.78 Å². The van der Waals surface area contributed by atoms with Gasteiger partial charge in [0.05, 0.1) is 0 Å². The normalized spacial score (nSPS) is 11.9. The Balaban J connectivity index is 1.41. The first-order chi connectivity index (χ1) is 13.7. The van der Waals surface area contributed by atoms with Crippen LogP contribution in [0.4, 0.5) is 11.6 Å². The van der Waals surface area contributed by atoms with Gasteiger partial charge >= 0.3 is 0 Å². The first kappa shape index (κ1) is 17.7. The maximum absolute atomic E-state index is 12.7. The number of carbonyl (C=O) groups excluding carboxylic acids is 1. The molecular formula is C20H19N5O3. The van der Waals surface area contributed by atoms with Crippen LogP contribution in [0.25, 0.3) is 0 Å². The summed E-state index contributed by atoms with van der Waals surface area (Å²) in [7, 11) is 1.76. The van der Waals surface area contributed by atoms with Gasteiger partial charge in [-0.05, 0) is 42.3 Å². The number of anilines is 2. The van der Waals surface area contributed by atoms with Gasteiger partial charge in [-0.1, -0.05) is 0 Å². The van der Waals surface area contributed by atoms with Crippen LogP contribution >= 0.6 is 0 Å². The Morgan fingerprint density at radius 2 is 1.93 bits per heavy atom. The fourth-order valence-electron chi connectivity index (χ4n) is 2.78. The number of nitrogens with zero attached hydrogens (tertiary/aromatic N) is 4. The fourth-order valence-corrected chi connectivity index (χ4v) is 2.78. The maximum atomic E-state index is 12.7. The molecule has 0 atom stereocenters. The number of likely N-dealkylation sites (N-methyl/N-ethyl adjacent to an activating group) is 1. The summed E-state index contributed by atoms with van der Waals surface area (Å²) in [5.41, 5.74) is 2.21. The predicted octanol–water partition coefficient (Wildman–Crippen LogP) is 2.66. The van der Waals surface area contributed by atoms with E-state index in [1.54, 1.807) is 42.7 Å². The van der Waals surface area contributed by atoms with E-state index in [0.717, 1.165) is 17.7 Å². The van der Waals surface area contributed by atoms with Gasteiger partial charge in [-0.15, -0.1) is 0 Å². The molecule has 28 heavy (non-hydrogen) atoms. The van der Waals surface area contributed by atoms with Crippen molar-refractivity contribution in [2.45, 2.75) is 6.42 Å². The Morgan fingerprint density at radius 1 is 1.11 bits per heavy atom. The van der Waals surface area contributed by atoms with Crippen molar-refractivity contribution in [2.75, 3.05) is 25.7 Å². The van der Waals surface area contributed by atoms with Crippen molar-refractivity contribution in [3.05, 3.63) is 66.2 Å². The highest BCUT2D eigenvalue weighted by Crippen LogP contribution is 2.34. The lowest BCUT2D eigenvalue weighted by Crippen LogP contribution is -2.29. The Hall–Kier alpha value is -3.68. The highest BCUT2D eigenvalue weighted by Gasteiger charge is 2.16. The van der Waals surface area contributed by atoms with E-state index in [-0.39, 0.29) is 12.7 Å². The number of aromatic nitrogens is 3. The molecule has 0 saturated carbocycles. The van der Waals surface area contributed by atoms with Crippen LogP contribution in [0.5, 0.6) is 11.5 Å². The molecule has 0 aliphatic carbocycles. The summed E-state index contributed by atoms with van der Waals surface area (Å²) in [6, 6.07) is 10.9. The maximum Gasteiger partial charge on any atom is 0.272 e. The molecular weight excluding hydrogens is 358 g/mol. The summed E-state index contributed by atoms with van der Waals surface area (Å²) in [4.78, 5) is 26.9. The third kappa shape index (κ3) is 4.01. The number of hydrogen-bond donors (Lipinski definition) is 1. The first-order valence-corrected chi connectivity index (χ1v) is 8.83. The molecule has 1 N–H and O–H groups in total. The predicted molar refractivity (Wildman–Crippen MR) is 103 cm³/mol. The monoisotopic (exact) mass is 377 g/mol. The van der Waals surface area contributed by atoms with Crippen molar-refractivity contribution in [3.8, 4) is 11.5 Å². The number of benzene rings is 1. The molecule has 2 aromatic heterocycles. The van der Waals surface area contributed by atoms with Gasteiger partial charge < -0.3 is 19.7 Å². The summed E-state index contributed by atoms with van der Waals surface area (Å²) in [6.07, 6.45) is 5.80. The quantitative estimate of drug-likeness (QED) is 0.706. The van der Waals surface area contributed by atoms with Crippen LogP contribution in [0.2, 0.25) is 0 Å². The molecule has 0 fully saturated rings. The van der Waals surface area contributed by atoms with Crippen LogP contribution < -0.4 is 14.8 Å². The molecule has 8 nitrogen and oxygen atoms in total. The number of ether oxygens (including phenoxy) is 2. The second-order valence-electron chi connectivity index (χ2n) is 6.29. The lowest BCUT2D eigenvalue weighted by Gasteiger charge is -2.17. The Bertz CT molecular complexity index is 981. The Morgan fingerprint density at radius 3 is 2.79 bits per heavy atom. The average molecular weight is 377 g/mol. The summed E-state index contributed by atoms with van der Waals surface area (Å²) >= 11 is 0. The van der Waals surface area contributed by atoms with Crippen molar-refractivity contribution in [1.82, 2.24) is 19.9 Å². The fraction of sp³-hybridized carbons (Fsp3) is 0.200. The molecule has 8 heteroatoms. The number of fused-ring (bicyclic) bond motifs is 1. The molecule has 0 unspecified atom stereocenters. The molecule has 3 aromatic rings. The van der Waals surface area contributed by atoms with Crippen LogP contribution in [-0.4, -0.2) is 46.1 Å². The zero-order valence-corrected chi connectivity index (χ0v) is 15.3. The van der Waals surface area contributed by atoms with E-state index in [2.05, 4.69) is 20.3 Å². The molecule has 0 bridgehead atoms. The van der Waals surface area contributed by atoms with E-state index >= 15 is 0 Å². The van der Waals surface area contributed by atoms with Crippen LogP contribution in [0.1, 0.15) is 16.1 Å². The standard InChI is InChI=1S/C20H19N5O3/c1-25(11-7-14-4-8-21-9-5-14)19(26)16-6-10-22-20(24-16)23-15-2-3-17-18(12-15)28-13-27-17/h2-6,8-10,12H,7,11,13H2,1H3,(H,22,23,24). The van der Waals surface area contributed by atoms with Crippen molar-refractivity contribution in [3.63, 3.8) is 0 Å². The largest absolute Gasteiger partial charge is 0.454 e. The number of amides is 1. The zero-order chi connectivity index (χ0) is 19.3. The SMILES string of the molecule is CN(CCc1ccncc1)C(=O)c1ccnc(Nc2ccc3c(c2)OCO3)n1. The van der Waals surface area contributed by atoms with E-state index < -0.39 is 0 Å². The smallest absolute Gasteiger partial charge is 0.272 e. The minimum absolute atomic E-state index is 0.162. The van der Waals surface area contributed by atoms with Gasteiger partial charge in [-0.2, -0.15) is 0 Å². The molecule has 1 aromatic carbocycles. The van der Waals surface area contributed by atoms with Crippen LogP contribution in [0, 0.1) is 0 Å². The minimum atomic E-state index is -0.162. The van der Waals surface area contributed by atoms with Crippen molar-refractivity contribution in [2.24, 2.45) is 0 Å². The lowest BCUT2D eigenvalue weighted by molar-refractivity contribution is 0.0791. The number of pyridine rings is 1. The number of rotatable bonds is 6. The molecule has 0 radical (unpaired) electrons. The third-order valence-corrected chi connectivity index (χ3v) is 4.34. The van der Waals surface area contributed by atoms with Crippen LogP contribution in [0.15, 0.2) is 55.0 Å². The molecule has 1 aliphatic heterocycles. The first-order valence-electron chi connectivity index (χ1n) is 8.83. The van der Waals surface area contributed by atoms with Crippen molar-refractivity contribution in [1.29, 1.82) is 0 Å². The second-order valence-corrected chi connectivity index (χ2v) is 6.29. The van der Waals surface area contributed by atoms with E-state index in [0.29, 0.717) is 29.7 Å². The summed E-state index contributed by atoms with van der Waals surface area (Å²) in [5.74, 6) is 1.54. The van der Waals surface area contributed by atoms with E-state index in [9.17, 15) is 4.79 Å². The third-order valence-electron chi connectivity index (χ3n) is 4.34. The van der Waals surface area contributed by atoms with Crippen LogP contribution in [0.3, 0.4) is 0 Å². The van der Waals surface area contributed by atoms with Gasteiger partial charge in [0.25, 0.3) is 5.91 Å². The highest BCUT2D eigenvalue weighted by atomic mass is 16.7. The van der Waals surface area contributed by atoms with E-state index in [1.165, 1.54) is 0 Å². The van der Waals surface area contributed by atoms with Gasteiger partial charge in [0.15, 0.2) is 11.5 Å². The molecule has 0 spiro atoms. The molecule has 4 rings (SSSR count). The number of carbonyl (C=O) groups is 1. The summed E-state index contributed by atoms with van der Waals surface area (Å²) in [5, 5.41) is 3.09. The molecule has 1 amide bonds. The summed E-state index contributed by atoms with van der Waals surface area (Å²) < 4.78 is 10.7. The topological polar surface area (TPSA) is 89.5 Å². The van der Waals surface area contributed by atoms with Gasteiger partial charge in [0.1, 0.15) is 5.69 Å². The number of nitrogens with one attached hydrogen (secondary N) is 1. The van der Waals surface area contributed by atoms with E-state index in [1.807, 2.05) is 24.3 Å². The highest BCUT2D eigenvalue weighted by molar-refractivity contribution is 5.92.